The first kappa shape index (κ1) is 19.5. The van der Waals surface area contributed by atoms with E-state index in [0.29, 0.717) is 16.6 Å². The number of hydrazone groups is 1. The van der Waals surface area contributed by atoms with Gasteiger partial charge < -0.3 is 4.57 Å². The topological polar surface area (TPSA) is 73.8 Å². The van der Waals surface area contributed by atoms with Gasteiger partial charge in [-0.3, -0.25) is 10.2 Å². The zero-order chi connectivity index (χ0) is 21.4. The number of amidine groups is 2. The van der Waals surface area contributed by atoms with Gasteiger partial charge in [-0.1, -0.05) is 54.1 Å². The Balaban J connectivity index is 1.46. The van der Waals surface area contributed by atoms with Gasteiger partial charge in [0, 0.05) is 18.3 Å². The van der Waals surface area contributed by atoms with Crippen LogP contribution in [-0.2, 0) is 11.2 Å². The molecular weight excluding hydrogens is 430 g/mol. The maximum atomic E-state index is 12.7. The van der Waals surface area contributed by atoms with Gasteiger partial charge >= 0.3 is 0 Å². The van der Waals surface area contributed by atoms with Gasteiger partial charge in [-0.2, -0.15) is 15.1 Å². The number of halogens is 1. The molecule has 0 fully saturated rings. The van der Waals surface area contributed by atoms with E-state index in [2.05, 4.69) is 10.1 Å². The molecule has 6 nitrogen and oxygen atoms in total. The zero-order valence-corrected chi connectivity index (χ0v) is 17.8. The van der Waals surface area contributed by atoms with E-state index in [4.69, 9.17) is 17.0 Å². The van der Waals surface area contributed by atoms with Gasteiger partial charge in [0.1, 0.15) is 5.04 Å². The van der Waals surface area contributed by atoms with Crippen molar-refractivity contribution in [3.63, 3.8) is 0 Å². The number of thioether (sulfide) groups is 1. The fourth-order valence-corrected chi connectivity index (χ4v) is 4.55. The Kier molecular flexibility index (Phi) is 5.05. The molecule has 1 N–H and O–H groups in total. The van der Waals surface area contributed by atoms with Crippen molar-refractivity contribution in [3.05, 3.63) is 94.8 Å². The molecule has 31 heavy (non-hydrogen) atoms. The predicted molar refractivity (Wildman–Crippen MR) is 126 cm³/mol. The number of rotatable bonds is 4. The lowest BCUT2D eigenvalue weighted by molar-refractivity contribution is -0.114. The number of fused-ring (bicyclic) bond motifs is 1. The second-order valence-corrected chi connectivity index (χ2v) is 8.38. The number of aromatic nitrogens is 1. The van der Waals surface area contributed by atoms with Crippen LogP contribution in [0, 0.1) is 5.41 Å². The highest BCUT2D eigenvalue weighted by Gasteiger charge is 2.35. The highest BCUT2D eigenvalue weighted by Crippen LogP contribution is 2.30. The van der Waals surface area contributed by atoms with Crippen molar-refractivity contribution in [3.8, 4) is 5.69 Å². The summed E-state index contributed by atoms with van der Waals surface area (Å²) in [6.45, 7) is 0. The molecule has 0 radical (unpaired) electrons. The third-order valence-electron chi connectivity index (χ3n) is 4.88. The number of aliphatic imine (C=N–C) groups is 1. The molecule has 0 bridgehead atoms. The molecule has 0 unspecified atom stereocenters. The molecule has 0 saturated carbocycles. The van der Waals surface area contributed by atoms with Crippen molar-refractivity contribution in [2.24, 2.45) is 10.1 Å². The minimum atomic E-state index is -0.452. The van der Waals surface area contributed by atoms with Crippen LogP contribution in [0.3, 0.4) is 0 Å². The molecule has 0 aliphatic carbocycles. The molecule has 2 aliphatic rings. The van der Waals surface area contributed by atoms with Crippen LogP contribution in [0.1, 0.15) is 11.3 Å². The molecule has 0 spiro atoms. The van der Waals surface area contributed by atoms with Crippen molar-refractivity contribution in [2.75, 3.05) is 0 Å². The molecule has 0 atom stereocenters. The summed E-state index contributed by atoms with van der Waals surface area (Å²) < 4.78 is 1.87. The molecule has 1 amide bonds. The Morgan fingerprint density at radius 2 is 1.81 bits per heavy atom. The van der Waals surface area contributed by atoms with E-state index in [0.717, 1.165) is 22.0 Å². The number of carbonyl (C=O) groups excluding carboxylic acids is 1. The van der Waals surface area contributed by atoms with Crippen molar-refractivity contribution in [1.82, 2.24) is 9.58 Å². The number of hydrogen-bond acceptors (Lipinski definition) is 4. The fourth-order valence-electron chi connectivity index (χ4n) is 3.40. The average Bonchev–Trinajstić information content (AvgIpc) is 3.39. The van der Waals surface area contributed by atoms with Crippen LogP contribution in [0.25, 0.3) is 11.8 Å². The molecular formula is C23H16ClN5OS. The standard InChI is InChI=1S/C23H16ClN5OS/c24-18-10-4-5-11-19(18)28-12-6-9-16(28)14-17-21(25)29-23(26-22(17)30)31-20(27-29)13-15-7-2-1-3-8-15/h1-12,14,25H,13H2/b17-14+,25-21?. The predicted octanol–water partition coefficient (Wildman–Crippen LogP) is 4.99. The maximum absolute atomic E-state index is 12.7. The minimum absolute atomic E-state index is 0.0115. The first-order valence-electron chi connectivity index (χ1n) is 9.55. The van der Waals surface area contributed by atoms with Crippen molar-refractivity contribution in [2.45, 2.75) is 6.42 Å². The Bertz CT molecular complexity index is 1290. The lowest BCUT2D eigenvalue weighted by Crippen LogP contribution is -2.35. The molecule has 0 saturated heterocycles. The quantitative estimate of drug-likeness (QED) is 0.575. The van der Waals surface area contributed by atoms with Gasteiger partial charge in [0.05, 0.1) is 16.3 Å². The van der Waals surface area contributed by atoms with Crippen LogP contribution >= 0.6 is 23.4 Å². The van der Waals surface area contributed by atoms with E-state index in [9.17, 15) is 4.79 Å². The van der Waals surface area contributed by atoms with Gasteiger partial charge in [0.15, 0.2) is 5.84 Å². The summed E-state index contributed by atoms with van der Waals surface area (Å²) in [7, 11) is 0. The smallest absolute Gasteiger partial charge is 0.283 e. The van der Waals surface area contributed by atoms with Gasteiger partial charge in [-0.05, 0) is 47.7 Å². The summed E-state index contributed by atoms with van der Waals surface area (Å²) in [5.74, 6) is -0.440. The van der Waals surface area contributed by atoms with E-state index in [-0.39, 0.29) is 11.4 Å². The Morgan fingerprint density at radius 1 is 1.03 bits per heavy atom. The highest BCUT2D eigenvalue weighted by molar-refractivity contribution is 8.26. The van der Waals surface area contributed by atoms with Crippen LogP contribution < -0.4 is 0 Å². The average molecular weight is 446 g/mol. The SMILES string of the molecule is N=C1/C(=C\c2cccn2-c2ccccc2Cl)C(=O)N=C2SC(Cc3ccccc3)=NN12. The Labute approximate surface area is 188 Å². The number of nitrogens with zero attached hydrogens (tertiary/aromatic N) is 4. The summed E-state index contributed by atoms with van der Waals surface area (Å²) in [4.78, 5) is 16.9. The molecule has 8 heteroatoms. The van der Waals surface area contributed by atoms with Crippen LogP contribution in [0.4, 0.5) is 0 Å². The number of para-hydroxylation sites is 1. The molecule has 1 aromatic heterocycles. The lowest BCUT2D eigenvalue weighted by Gasteiger charge is -2.20. The minimum Gasteiger partial charge on any atom is -0.316 e. The second-order valence-electron chi connectivity index (χ2n) is 6.93. The first-order valence-corrected chi connectivity index (χ1v) is 10.7. The Morgan fingerprint density at radius 3 is 2.61 bits per heavy atom. The number of amides is 1. The van der Waals surface area contributed by atoms with Crippen LogP contribution in [0.2, 0.25) is 5.02 Å². The van der Waals surface area contributed by atoms with Gasteiger partial charge in [-0.25, -0.2) is 0 Å². The highest BCUT2D eigenvalue weighted by atomic mass is 35.5. The maximum Gasteiger partial charge on any atom is 0.283 e. The van der Waals surface area contributed by atoms with Crippen molar-refractivity contribution >= 4 is 51.4 Å². The first-order chi connectivity index (χ1) is 15.1. The van der Waals surface area contributed by atoms with E-state index < -0.39 is 5.91 Å². The third-order valence-corrected chi connectivity index (χ3v) is 6.11. The van der Waals surface area contributed by atoms with Crippen LogP contribution in [0.15, 0.2) is 88.6 Å². The zero-order valence-electron chi connectivity index (χ0n) is 16.2. The van der Waals surface area contributed by atoms with E-state index in [1.54, 1.807) is 6.08 Å². The normalized spacial score (nSPS) is 17.1. The molecule has 5 rings (SSSR count). The van der Waals surface area contributed by atoms with E-state index >= 15 is 0 Å². The molecule has 3 heterocycles. The molecule has 2 aromatic carbocycles. The third kappa shape index (κ3) is 3.73. The summed E-state index contributed by atoms with van der Waals surface area (Å²) in [6.07, 6.45) is 4.14. The van der Waals surface area contributed by atoms with Crippen molar-refractivity contribution < 1.29 is 4.79 Å². The Hall–Kier alpha value is -3.42. The summed E-state index contributed by atoms with van der Waals surface area (Å²) in [6, 6.07) is 21.1. The van der Waals surface area contributed by atoms with Gasteiger partial charge in [0.25, 0.3) is 5.91 Å². The summed E-state index contributed by atoms with van der Waals surface area (Å²) in [5, 5.41) is 16.4. The monoisotopic (exact) mass is 445 g/mol. The molecule has 2 aliphatic heterocycles. The number of hydrogen-bond donors (Lipinski definition) is 1. The van der Waals surface area contributed by atoms with Gasteiger partial charge in [0.2, 0.25) is 5.17 Å². The van der Waals surface area contributed by atoms with Crippen molar-refractivity contribution in [1.29, 1.82) is 5.41 Å². The van der Waals surface area contributed by atoms with E-state index in [1.807, 2.05) is 77.5 Å². The number of benzene rings is 2. The summed E-state index contributed by atoms with van der Waals surface area (Å²) >= 11 is 7.67. The van der Waals surface area contributed by atoms with Crippen LogP contribution in [-0.4, -0.2) is 31.5 Å². The van der Waals surface area contributed by atoms with Gasteiger partial charge in [-0.15, -0.1) is 0 Å². The number of carbonyl (C=O) groups is 1. The number of nitrogens with one attached hydrogen (secondary N) is 1. The van der Waals surface area contributed by atoms with E-state index in [1.165, 1.54) is 16.8 Å². The molecule has 152 valence electrons. The van der Waals surface area contributed by atoms with Crippen LogP contribution in [0.5, 0.6) is 0 Å². The second kappa shape index (κ2) is 8.02. The molecule has 3 aromatic rings. The largest absolute Gasteiger partial charge is 0.316 e. The summed E-state index contributed by atoms with van der Waals surface area (Å²) in [5.41, 5.74) is 2.81. The fraction of sp³-hybridized carbons (Fsp3) is 0.0435. The lowest BCUT2D eigenvalue weighted by atomic mass is 10.1.